The standard InChI is InChI=1S/C21H27N5O3/c1-6-17(26-14(3)11-13(2)24-26)18(27)22-16-9-7-15(8-10-16)12-25-19(28)21(4,5)23-20(25)29/h7-11,17H,6,12H2,1-5H3,(H,22,27)(H,23,29)/t17-/m1/s1. The number of imide groups is 1. The summed E-state index contributed by atoms with van der Waals surface area (Å²) in [5.74, 6) is -0.391. The quantitative estimate of drug-likeness (QED) is 0.733. The summed E-state index contributed by atoms with van der Waals surface area (Å²) >= 11 is 0. The maximum Gasteiger partial charge on any atom is 0.325 e. The number of nitrogens with zero attached hydrogens (tertiary/aromatic N) is 3. The molecule has 0 bridgehead atoms. The van der Waals surface area contributed by atoms with E-state index in [0.717, 1.165) is 17.0 Å². The Morgan fingerprint density at radius 3 is 2.34 bits per heavy atom. The number of aromatic nitrogens is 2. The number of rotatable bonds is 6. The molecule has 1 aliphatic heterocycles. The fraction of sp³-hybridized carbons (Fsp3) is 0.429. The Kier molecular flexibility index (Phi) is 5.46. The van der Waals surface area contributed by atoms with Crippen LogP contribution in [-0.4, -0.2) is 38.1 Å². The normalized spacial score (nSPS) is 16.7. The van der Waals surface area contributed by atoms with Crippen LogP contribution >= 0.6 is 0 Å². The van der Waals surface area contributed by atoms with E-state index in [4.69, 9.17) is 0 Å². The van der Waals surface area contributed by atoms with E-state index in [1.165, 1.54) is 4.90 Å². The molecule has 0 spiro atoms. The van der Waals surface area contributed by atoms with Crippen molar-refractivity contribution < 1.29 is 14.4 Å². The van der Waals surface area contributed by atoms with Crippen LogP contribution in [0.2, 0.25) is 0 Å². The van der Waals surface area contributed by atoms with Gasteiger partial charge in [0.2, 0.25) is 5.91 Å². The van der Waals surface area contributed by atoms with Crippen molar-refractivity contribution >= 4 is 23.5 Å². The van der Waals surface area contributed by atoms with Crippen LogP contribution in [0, 0.1) is 13.8 Å². The maximum absolute atomic E-state index is 12.7. The molecule has 8 heteroatoms. The Bertz CT molecular complexity index is 946. The highest BCUT2D eigenvalue weighted by molar-refractivity contribution is 6.06. The van der Waals surface area contributed by atoms with Gasteiger partial charge in [0.15, 0.2) is 0 Å². The third-order valence-corrected chi connectivity index (χ3v) is 5.04. The third-order valence-electron chi connectivity index (χ3n) is 5.04. The number of anilines is 1. The number of amides is 4. The van der Waals surface area contributed by atoms with E-state index >= 15 is 0 Å². The predicted molar refractivity (Wildman–Crippen MR) is 109 cm³/mol. The summed E-state index contributed by atoms with van der Waals surface area (Å²) in [5, 5.41) is 10.0. The highest BCUT2D eigenvalue weighted by Crippen LogP contribution is 2.21. The monoisotopic (exact) mass is 397 g/mol. The largest absolute Gasteiger partial charge is 0.325 e. The van der Waals surface area contributed by atoms with E-state index in [9.17, 15) is 14.4 Å². The molecule has 2 aromatic rings. The molecule has 1 atom stereocenters. The zero-order chi connectivity index (χ0) is 21.3. The van der Waals surface area contributed by atoms with Gasteiger partial charge in [-0.2, -0.15) is 5.10 Å². The summed E-state index contributed by atoms with van der Waals surface area (Å²) in [4.78, 5) is 38.3. The van der Waals surface area contributed by atoms with Gasteiger partial charge >= 0.3 is 6.03 Å². The molecule has 29 heavy (non-hydrogen) atoms. The molecule has 1 aromatic heterocycles. The molecule has 1 fully saturated rings. The third kappa shape index (κ3) is 4.16. The molecule has 1 aliphatic rings. The fourth-order valence-corrected chi connectivity index (χ4v) is 3.49. The van der Waals surface area contributed by atoms with Gasteiger partial charge in [0.25, 0.3) is 5.91 Å². The predicted octanol–water partition coefficient (Wildman–Crippen LogP) is 2.92. The van der Waals surface area contributed by atoms with Crippen LogP contribution in [0.5, 0.6) is 0 Å². The molecule has 1 saturated heterocycles. The summed E-state index contributed by atoms with van der Waals surface area (Å²) in [5.41, 5.74) is 2.38. The first-order valence-electron chi connectivity index (χ1n) is 9.69. The van der Waals surface area contributed by atoms with Crippen molar-refractivity contribution in [1.82, 2.24) is 20.0 Å². The van der Waals surface area contributed by atoms with Gasteiger partial charge in [0.1, 0.15) is 11.6 Å². The number of benzene rings is 1. The summed E-state index contributed by atoms with van der Waals surface area (Å²) < 4.78 is 1.75. The van der Waals surface area contributed by atoms with E-state index in [-0.39, 0.29) is 18.4 Å². The van der Waals surface area contributed by atoms with Gasteiger partial charge in [-0.1, -0.05) is 19.1 Å². The number of aryl methyl sites for hydroxylation is 2. The lowest BCUT2D eigenvalue weighted by Gasteiger charge is -2.18. The van der Waals surface area contributed by atoms with Gasteiger partial charge in [0.05, 0.1) is 12.2 Å². The summed E-state index contributed by atoms with van der Waals surface area (Å²) in [6.07, 6.45) is 0.619. The van der Waals surface area contributed by atoms with Crippen LogP contribution in [0.25, 0.3) is 0 Å². The molecule has 0 saturated carbocycles. The van der Waals surface area contributed by atoms with Crippen molar-refractivity contribution in [2.24, 2.45) is 0 Å². The molecule has 1 aromatic carbocycles. The number of carbonyl (C=O) groups is 3. The van der Waals surface area contributed by atoms with Gasteiger partial charge < -0.3 is 10.6 Å². The van der Waals surface area contributed by atoms with Crippen LogP contribution in [0.15, 0.2) is 30.3 Å². The number of carbonyl (C=O) groups excluding carboxylic acids is 3. The lowest BCUT2D eigenvalue weighted by molar-refractivity contribution is -0.130. The zero-order valence-corrected chi connectivity index (χ0v) is 17.4. The molecule has 4 amide bonds. The summed E-state index contributed by atoms with van der Waals surface area (Å²) in [6.45, 7) is 9.33. The number of urea groups is 1. The molecule has 0 aliphatic carbocycles. The maximum atomic E-state index is 12.7. The zero-order valence-electron chi connectivity index (χ0n) is 17.4. The second kappa shape index (κ2) is 7.69. The molecule has 154 valence electrons. The van der Waals surface area contributed by atoms with E-state index < -0.39 is 17.6 Å². The average Bonchev–Trinajstić information content (AvgIpc) is 3.07. The second-order valence-corrected chi connectivity index (χ2v) is 7.93. The molecule has 3 rings (SSSR count). The van der Waals surface area contributed by atoms with E-state index in [2.05, 4.69) is 15.7 Å². The summed E-state index contributed by atoms with van der Waals surface area (Å²) in [6, 6.07) is 8.29. The van der Waals surface area contributed by atoms with Crippen molar-refractivity contribution in [3.05, 3.63) is 47.3 Å². The van der Waals surface area contributed by atoms with Crippen LogP contribution < -0.4 is 10.6 Å². The average molecular weight is 397 g/mol. The van der Waals surface area contributed by atoms with Crippen molar-refractivity contribution in [2.45, 2.75) is 59.2 Å². The molecule has 0 radical (unpaired) electrons. The summed E-state index contributed by atoms with van der Waals surface area (Å²) in [7, 11) is 0. The van der Waals surface area contributed by atoms with Gasteiger partial charge in [0, 0.05) is 11.4 Å². The van der Waals surface area contributed by atoms with Gasteiger partial charge in [-0.25, -0.2) is 4.79 Å². The second-order valence-electron chi connectivity index (χ2n) is 7.93. The van der Waals surface area contributed by atoms with E-state index in [0.29, 0.717) is 12.1 Å². The Labute approximate surface area is 170 Å². The van der Waals surface area contributed by atoms with Gasteiger partial charge in [-0.3, -0.25) is 19.2 Å². The molecule has 0 unspecified atom stereocenters. The fourth-order valence-electron chi connectivity index (χ4n) is 3.49. The highest BCUT2D eigenvalue weighted by Gasteiger charge is 2.44. The molecule has 2 N–H and O–H groups in total. The Hall–Kier alpha value is -3.16. The lowest BCUT2D eigenvalue weighted by atomic mass is 10.1. The minimum atomic E-state index is -0.886. The van der Waals surface area contributed by atoms with Crippen LogP contribution in [-0.2, 0) is 16.1 Å². The van der Waals surface area contributed by atoms with Gasteiger partial charge in [-0.05, 0) is 57.9 Å². The van der Waals surface area contributed by atoms with Crippen LogP contribution in [0.1, 0.15) is 50.2 Å². The highest BCUT2D eigenvalue weighted by atomic mass is 16.2. The minimum absolute atomic E-state index is 0.137. The van der Waals surface area contributed by atoms with E-state index in [1.54, 1.807) is 42.8 Å². The first-order valence-corrected chi connectivity index (χ1v) is 9.69. The van der Waals surface area contributed by atoms with Crippen LogP contribution in [0.4, 0.5) is 10.5 Å². The van der Waals surface area contributed by atoms with Crippen molar-refractivity contribution in [3.63, 3.8) is 0 Å². The number of hydrogen-bond donors (Lipinski definition) is 2. The van der Waals surface area contributed by atoms with Crippen molar-refractivity contribution in [2.75, 3.05) is 5.32 Å². The number of hydrogen-bond acceptors (Lipinski definition) is 4. The first kappa shape index (κ1) is 20.6. The van der Waals surface area contributed by atoms with Crippen molar-refractivity contribution in [1.29, 1.82) is 0 Å². The van der Waals surface area contributed by atoms with Crippen LogP contribution in [0.3, 0.4) is 0 Å². The smallest absolute Gasteiger partial charge is 0.324 e. The molecular formula is C21H27N5O3. The van der Waals surface area contributed by atoms with Crippen molar-refractivity contribution in [3.8, 4) is 0 Å². The molecule has 2 heterocycles. The molecular weight excluding hydrogens is 370 g/mol. The van der Waals surface area contributed by atoms with Gasteiger partial charge in [-0.15, -0.1) is 0 Å². The minimum Gasteiger partial charge on any atom is -0.324 e. The topological polar surface area (TPSA) is 96.3 Å². The molecule has 8 nitrogen and oxygen atoms in total. The van der Waals surface area contributed by atoms with E-state index in [1.807, 2.05) is 26.8 Å². The SMILES string of the molecule is CC[C@H](C(=O)Nc1ccc(CN2C(=O)NC(C)(C)C2=O)cc1)n1nc(C)cc1C. The Morgan fingerprint density at radius 2 is 1.86 bits per heavy atom. The Balaban J connectivity index is 1.67. The lowest BCUT2D eigenvalue weighted by Crippen LogP contribution is -2.40. The first-order chi connectivity index (χ1) is 13.6. The Morgan fingerprint density at radius 1 is 1.21 bits per heavy atom. The number of nitrogens with one attached hydrogen (secondary N) is 2.